The Bertz CT molecular complexity index is 901. The molecule has 0 bridgehead atoms. The van der Waals surface area contributed by atoms with Crippen molar-refractivity contribution in [1.29, 1.82) is 0 Å². The molecule has 2 aliphatic heterocycles. The number of hydrogen-bond donors (Lipinski definition) is 2. The zero-order valence-electron chi connectivity index (χ0n) is 15.4. The first-order chi connectivity index (χ1) is 13.6. The third-order valence-electron chi connectivity index (χ3n) is 4.72. The molecule has 0 spiro atoms. The lowest BCUT2D eigenvalue weighted by Crippen LogP contribution is -2.43. The van der Waals surface area contributed by atoms with Gasteiger partial charge in [0.25, 0.3) is 0 Å². The number of nitrogens with one attached hydrogen (secondary N) is 2. The normalized spacial score (nSPS) is 17.5. The first kappa shape index (κ1) is 18.0. The summed E-state index contributed by atoms with van der Waals surface area (Å²) in [6, 6.07) is 12.3. The van der Waals surface area contributed by atoms with Gasteiger partial charge in [0.2, 0.25) is 12.7 Å². The first-order valence-electron chi connectivity index (χ1n) is 8.99. The summed E-state index contributed by atoms with van der Waals surface area (Å²) in [4.78, 5) is 26.2. The van der Waals surface area contributed by atoms with Crippen molar-refractivity contribution >= 4 is 17.6 Å². The van der Waals surface area contributed by atoms with Crippen LogP contribution in [-0.2, 0) is 11.3 Å². The van der Waals surface area contributed by atoms with Crippen LogP contribution in [-0.4, -0.2) is 38.4 Å². The predicted octanol–water partition coefficient (Wildman–Crippen LogP) is 2.03. The number of methoxy groups -OCH3 is 1. The van der Waals surface area contributed by atoms with Crippen LogP contribution in [0.25, 0.3) is 0 Å². The Morgan fingerprint density at radius 3 is 2.93 bits per heavy atom. The number of urea groups is 1. The maximum absolute atomic E-state index is 12.3. The number of anilines is 1. The largest absolute Gasteiger partial charge is 0.497 e. The quantitative estimate of drug-likeness (QED) is 0.825. The van der Waals surface area contributed by atoms with Crippen LogP contribution in [0.3, 0.4) is 0 Å². The number of carbonyl (C=O) groups excluding carboxylic acids is 2. The standard InChI is InChI=1S/C20H21N3O5/c1-26-16-4-2-3-15(9-16)23-11-14(8-19(23)24)22-20(25)21-10-13-5-6-17-18(7-13)28-12-27-17/h2-7,9,14H,8,10-12H2,1H3,(H2,21,22,25)/t14-/m1/s1. The van der Waals surface area contributed by atoms with Crippen molar-refractivity contribution in [2.45, 2.75) is 19.0 Å². The minimum absolute atomic E-state index is 0.0330. The summed E-state index contributed by atoms with van der Waals surface area (Å²) in [6.07, 6.45) is 0.259. The monoisotopic (exact) mass is 383 g/mol. The Balaban J connectivity index is 1.30. The highest BCUT2D eigenvalue weighted by Crippen LogP contribution is 2.32. The van der Waals surface area contributed by atoms with Gasteiger partial charge >= 0.3 is 6.03 Å². The van der Waals surface area contributed by atoms with Gasteiger partial charge in [-0.15, -0.1) is 0 Å². The van der Waals surface area contributed by atoms with E-state index in [2.05, 4.69) is 10.6 Å². The molecule has 3 amide bonds. The van der Waals surface area contributed by atoms with Gasteiger partial charge in [0.15, 0.2) is 11.5 Å². The molecule has 1 fully saturated rings. The van der Waals surface area contributed by atoms with Crippen molar-refractivity contribution in [3.05, 3.63) is 48.0 Å². The summed E-state index contributed by atoms with van der Waals surface area (Å²) >= 11 is 0. The molecule has 2 N–H and O–H groups in total. The maximum atomic E-state index is 12.3. The van der Waals surface area contributed by atoms with Crippen LogP contribution < -0.4 is 29.7 Å². The summed E-state index contributed by atoms with van der Waals surface area (Å²) < 4.78 is 15.8. The number of carbonyl (C=O) groups is 2. The minimum atomic E-state index is -0.317. The molecule has 0 unspecified atom stereocenters. The molecule has 28 heavy (non-hydrogen) atoms. The lowest BCUT2D eigenvalue weighted by molar-refractivity contribution is -0.117. The van der Waals surface area contributed by atoms with Gasteiger partial charge in [-0.3, -0.25) is 4.79 Å². The predicted molar refractivity (Wildman–Crippen MR) is 102 cm³/mol. The zero-order valence-corrected chi connectivity index (χ0v) is 15.4. The van der Waals surface area contributed by atoms with Gasteiger partial charge in [-0.25, -0.2) is 4.79 Å². The molecule has 2 aromatic rings. The van der Waals surface area contributed by atoms with Crippen LogP contribution in [0, 0.1) is 0 Å². The Labute approximate surface area is 162 Å². The van der Waals surface area contributed by atoms with Crippen LogP contribution in [0.5, 0.6) is 17.2 Å². The van der Waals surface area contributed by atoms with Gasteiger partial charge in [0, 0.05) is 31.3 Å². The Kier molecular flexibility index (Phi) is 4.92. The Hall–Kier alpha value is -3.42. The fourth-order valence-corrected chi connectivity index (χ4v) is 3.30. The number of ether oxygens (including phenoxy) is 3. The van der Waals surface area contributed by atoms with Crippen LogP contribution in [0.4, 0.5) is 10.5 Å². The van der Waals surface area contributed by atoms with E-state index in [0.29, 0.717) is 30.3 Å². The highest BCUT2D eigenvalue weighted by molar-refractivity contribution is 5.97. The zero-order chi connectivity index (χ0) is 19.5. The molecular formula is C20H21N3O5. The average molecular weight is 383 g/mol. The molecule has 2 heterocycles. The first-order valence-corrected chi connectivity index (χ1v) is 8.99. The van der Waals surface area contributed by atoms with E-state index in [1.54, 1.807) is 18.1 Å². The Morgan fingerprint density at radius 2 is 2.07 bits per heavy atom. The van der Waals surface area contributed by atoms with Crippen LogP contribution in [0.15, 0.2) is 42.5 Å². The molecule has 2 aromatic carbocycles. The summed E-state index contributed by atoms with van der Waals surface area (Å²) in [5.41, 5.74) is 1.66. The topological polar surface area (TPSA) is 89.1 Å². The fourth-order valence-electron chi connectivity index (χ4n) is 3.30. The van der Waals surface area contributed by atoms with E-state index in [9.17, 15) is 9.59 Å². The molecule has 0 aliphatic carbocycles. The molecule has 2 aliphatic rings. The second-order valence-electron chi connectivity index (χ2n) is 6.62. The molecular weight excluding hydrogens is 362 g/mol. The molecule has 1 atom stereocenters. The third kappa shape index (κ3) is 3.80. The van der Waals surface area contributed by atoms with Crippen LogP contribution >= 0.6 is 0 Å². The maximum Gasteiger partial charge on any atom is 0.315 e. The lowest BCUT2D eigenvalue weighted by Gasteiger charge is -2.18. The number of benzene rings is 2. The summed E-state index contributed by atoms with van der Waals surface area (Å²) in [7, 11) is 1.58. The van der Waals surface area contributed by atoms with E-state index in [1.165, 1.54) is 0 Å². The summed E-state index contributed by atoms with van der Waals surface area (Å²) in [5.74, 6) is 2.03. The molecule has 1 saturated heterocycles. The van der Waals surface area contributed by atoms with Crippen molar-refractivity contribution in [3.8, 4) is 17.2 Å². The van der Waals surface area contributed by atoms with Gasteiger partial charge in [-0.2, -0.15) is 0 Å². The van der Waals surface area contributed by atoms with E-state index in [1.807, 2.05) is 36.4 Å². The summed E-state index contributed by atoms with van der Waals surface area (Å²) in [5, 5.41) is 5.67. The van der Waals surface area contributed by atoms with Crippen molar-refractivity contribution in [3.63, 3.8) is 0 Å². The molecule has 146 valence electrons. The fraction of sp³-hybridized carbons (Fsp3) is 0.300. The number of nitrogens with zero attached hydrogens (tertiary/aromatic N) is 1. The SMILES string of the molecule is COc1cccc(N2C[C@H](NC(=O)NCc3ccc4c(c3)OCO4)CC2=O)c1. The van der Waals surface area contributed by atoms with Crippen molar-refractivity contribution in [2.24, 2.45) is 0 Å². The highest BCUT2D eigenvalue weighted by atomic mass is 16.7. The average Bonchev–Trinajstić information content (AvgIpc) is 3.32. The molecule has 8 heteroatoms. The number of rotatable bonds is 5. The van der Waals surface area contributed by atoms with Crippen molar-refractivity contribution in [1.82, 2.24) is 10.6 Å². The smallest absolute Gasteiger partial charge is 0.315 e. The second kappa shape index (κ2) is 7.67. The molecule has 0 aromatic heterocycles. The van der Waals surface area contributed by atoms with Gasteiger partial charge in [0.1, 0.15) is 5.75 Å². The number of amides is 3. The second-order valence-corrected chi connectivity index (χ2v) is 6.62. The van der Waals surface area contributed by atoms with E-state index in [0.717, 1.165) is 11.3 Å². The number of hydrogen-bond acceptors (Lipinski definition) is 5. The molecule has 4 rings (SSSR count). The van der Waals surface area contributed by atoms with Crippen molar-refractivity contribution < 1.29 is 23.8 Å². The van der Waals surface area contributed by atoms with Gasteiger partial charge in [0.05, 0.1) is 13.2 Å². The van der Waals surface area contributed by atoms with Gasteiger partial charge < -0.3 is 29.7 Å². The van der Waals surface area contributed by atoms with Crippen LogP contribution in [0.2, 0.25) is 0 Å². The van der Waals surface area contributed by atoms with Gasteiger partial charge in [-0.1, -0.05) is 12.1 Å². The number of fused-ring (bicyclic) bond motifs is 1. The Morgan fingerprint density at radius 1 is 1.21 bits per heavy atom. The molecule has 0 radical (unpaired) electrons. The van der Waals surface area contributed by atoms with E-state index < -0.39 is 0 Å². The van der Waals surface area contributed by atoms with Crippen molar-refractivity contribution in [2.75, 3.05) is 25.3 Å². The lowest BCUT2D eigenvalue weighted by atomic mass is 10.2. The third-order valence-corrected chi connectivity index (χ3v) is 4.72. The van der Waals surface area contributed by atoms with Crippen LogP contribution in [0.1, 0.15) is 12.0 Å². The molecule has 0 saturated carbocycles. The summed E-state index contributed by atoms with van der Waals surface area (Å²) in [6.45, 7) is 0.985. The highest BCUT2D eigenvalue weighted by Gasteiger charge is 2.31. The molecule has 8 nitrogen and oxygen atoms in total. The van der Waals surface area contributed by atoms with E-state index in [-0.39, 0.29) is 31.2 Å². The van der Waals surface area contributed by atoms with E-state index >= 15 is 0 Å². The van der Waals surface area contributed by atoms with Gasteiger partial charge in [-0.05, 0) is 29.8 Å². The van der Waals surface area contributed by atoms with E-state index in [4.69, 9.17) is 14.2 Å². The minimum Gasteiger partial charge on any atom is -0.497 e.